The molecule has 0 unspecified atom stereocenters. The summed E-state index contributed by atoms with van der Waals surface area (Å²) in [5.41, 5.74) is 2.57. The lowest BCUT2D eigenvalue weighted by molar-refractivity contribution is -0.125. The molecule has 2 rings (SSSR count). The zero-order chi connectivity index (χ0) is 19.3. The molecular weight excluding hydrogens is 339 g/mol. The lowest BCUT2D eigenvalue weighted by Crippen LogP contribution is -2.38. The number of benzene rings is 1. The fourth-order valence-corrected chi connectivity index (χ4v) is 2.77. The third-order valence-electron chi connectivity index (χ3n) is 3.89. The van der Waals surface area contributed by atoms with E-state index in [1.807, 2.05) is 11.5 Å². The van der Waals surface area contributed by atoms with Crippen molar-refractivity contribution < 1.29 is 23.5 Å². The Morgan fingerprint density at radius 3 is 2.50 bits per heavy atom. The van der Waals surface area contributed by atoms with Crippen LogP contribution in [0.5, 0.6) is 0 Å². The van der Waals surface area contributed by atoms with Crippen molar-refractivity contribution in [1.82, 2.24) is 9.88 Å². The highest BCUT2D eigenvalue weighted by atomic mass is 19.1. The Kier molecular flexibility index (Phi) is 6.52. The second-order valence-electron chi connectivity index (χ2n) is 6.10. The van der Waals surface area contributed by atoms with Crippen LogP contribution in [0.25, 0.3) is 5.69 Å². The molecule has 1 amide bonds. The van der Waals surface area contributed by atoms with Gasteiger partial charge < -0.3 is 19.4 Å². The van der Waals surface area contributed by atoms with Crippen molar-refractivity contribution in [1.29, 1.82) is 0 Å². The molecule has 1 aromatic carbocycles. The number of esters is 1. The number of methoxy groups -OCH3 is 1. The maximum atomic E-state index is 13.1. The molecule has 1 aromatic heterocycles. The van der Waals surface area contributed by atoms with E-state index in [9.17, 15) is 14.0 Å². The average Bonchev–Trinajstić information content (AvgIpc) is 2.88. The molecule has 140 valence electrons. The van der Waals surface area contributed by atoms with Crippen molar-refractivity contribution in [3.8, 4) is 5.69 Å². The number of amides is 1. The average molecular weight is 362 g/mol. The summed E-state index contributed by atoms with van der Waals surface area (Å²) >= 11 is 0. The molecule has 0 aliphatic heterocycles. The third kappa shape index (κ3) is 4.70. The quantitative estimate of drug-likeness (QED) is 0.769. The summed E-state index contributed by atoms with van der Waals surface area (Å²) in [7, 11) is 1.54. The molecule has 1 N–H and O–H groups in total. The van der Waals surface area contributed by atoms with Gasteiger partial charge >= 0.3 is 5.97 Å². The van der Waals surface area contributed by atoms with E-state index in [2.05, 4.69) is 5.32 Å². The van der Waals surface area contributed by atoms with E-state index in [1.165, 1.54) is 12.1 Å². The van der Waals surface area contributed by atoms with E-state index in [4.69, 9.17) is 9.47 Å². The van der Waals surface area contributed by atoms with Crippen molar-refractivity contribution in [2.45, 2.75) is 26.8 Å². The maximum absolute atomic E-state index is 13.1. The maximum Gasteiger partial charge on any atom is 0.340 e. The second kappa shape index (κ2) is 8.62. The van der Waals surface area contributed by atoms with Crippen LogP contribution in [-0.4, -0.2) is 42.8 Å². The van der Waals surface area contributed by atoms with Crippen LogP contribution in [0.2, 0.25) is 0 Å². The van der Waals surface area contributed by atoms with Gasteiger partial charge in [-0.15, -0.1) is 0 Å². The normalized spacial score (nSPS) is 11.9. The number of aromatic nitrogens is 1. The van der Waals surface area contributed by atoms with Crippen LogP contribution in [0.15, 0.2) is 30.3 Å². The van der Waals surface area contributed by atoms with Gasteiger partial charge in [-0.05, 0) is 51.1 Å². The van der Waals surface area contributed by atoms with Gasteiger partial charge in [-0.3, -0.25) is 4.79 Å². The number of carbonyl (C=O) groups excluding carboxylic acids is 2. The zero-order valence-corrected chi connectivity index (χ0v) is 15.3. The van der Waals surface area contributed by atoms with Crippen LogP contribution >= 0.6 is 0 Å². The topological polar surface area (TPSA) is 69.6 Å². The minimum Gasteiger partial charge on any atom is -0.452 e. The smallest absolute Gasteiger partial charge is 0.340 e. The molecule has 26 heavy (non-hydrogen) atoms. The Bertz CT molecular complexity index is 784. The van der Waals surface area contributed by atoms with Gasteiger partial charge in [0.1, 0.15) is 5.82 Å². The Balaban J connectivity index is 2.07. The summed E-state index contributed by atoms with van der Waals surface area (Å²) in [6, 6.07) is 7.50. The van der Waals surface area contributed by atoms with Crippen molar-refractivity contribution in [3.05, 3.63) is 53.1 Å². The van der Waals surface area contributed by atoms with E-state index in [1.54, 1.807) is 39.2 Å². The standard InChI is InChI=1S/C19H23FN2O4/c1-12(10-25-4)21-18(23)11-26-19(24)17-9-13(2)22(14(17)3)16-7-5-15(20)6-8-16/h5-9,12H,10-11H2,1-4H3,(H,21,23)/t12-/m1/s1. The van der Waals surface area contributed by atoms with Crippen LogP contribution in [-0.2, 0) is 14.3 Å². The number of hydrogen-bond donors (Lipinski definition) is 1. The Morgan fingerprint density at radius 2 is 1.88 bits per heavy atom. The van der Waals surface area contributed by atoms with Gasteiger partial charge in [0.05, 0.1) is 12.2 Å². The first-order valence-electron chi connectivity index (χ1n) is 8.23. The molecule has 0 aliphatic rings. The van der Waals surface area contributed by atoms with E-state index >= 15 is 0 Å². The number of nitrogens with one attached hydrogen (secondary N) is 1. The lowest BCUT2D eigenvalue weighted by Gasteiger charge is -2.13. The predicted molar refractivity (Wildman–Crippen MR) is 95.0 cm³/mol. The summed E-state index contributed by atoms with van der Waals surface area (Å²) in [5.74, 6) is -1.30. The molecule has 1 heterocycles. The molecule has 0 spiro atoms. The first-order valence-corrected chi connectivity index (χ1v) is 8.23. The molecule has 1 atom stereocenters. The number of aryl methyl sites for hydroxylation is 1. The highest BCUT2D eigenvalue weighted by molar-refractivity contribution is 5.93. The number of carbonyl (C=O) groups is 2. The predicted octanol–water partition coefficient (Wildman–Crippen LogP) is 2.54. The molecule has 7 heteroatoms. The van der Waals surface area contributed by atoms with E-state index in [-0.39, 0.29) is 18.5 Å². The summed E-state index contributed by atoms with van der Waals surface area (Å²) in [4.78, 5) is 24.1. The first kappa shape index (κ1) is 19.7. The highest BCUT2D eigenvalue weighted by Crippen LogP contribution is 2.21. The third-order valence-corrected chi connectivity index (χ3v) is 3.89. The Labute approximate surface area is 151 Å². The number of nitrogens with zero attached hydrogens (tertiary/aromatic N) is 1. The van der Waals surface area contributed by atoms with Gasteiger partial charge in [-0.2, -0.15) is 0 Å². The molecule has 0 saturated heterocycles. The zero-order valence-electron chi connectivity index (χ0n) is 15.3. The molecular formula is C19H23FN2O4. The van der Waals surface area contributed by atoms with Crippen molar-refractivity contribution in [2.75, 3.05) is 20.3 Å². The monoisotopic (exact) mass is 362 g/mol. The van der Waals surface area contributed by atoms with Gasteiger partial charge in [0.25, 0.3) is 5.91 Å². The molecule has 2 aromatic rings. The minimum atomic E-state index is -0.582. The Hall–Kier alpha value is -2.67. The lowest BCUT2D eigenvalue weighted by atomic mass is 10.2. The van der Waals surface area contributed by atoms with E-state index < -0.39 is 11.9 Å². The van der Waals surface area contributed by atoms with Crippen molar-refractivity contribution in [2.24, 2.45) is 0 Å². The number of hydrogen-bond acceptors (Lipinski definition) is 4. The Morgan fingerprint density at radius 1 is 1.23 bits per heavy atom. The largest absolute Gasteiger partial charge is 0.452 e. The molecule has 0 saturated carbocycles. The minimum absolute atomic E-state index is 0.172. The van der Waals surface area contributed by atoms with Gasteiger partial charge in [0, 0.05) is 30.2 Å². The number of rotatable bonds is 7. The van der Waals surface area contributed by atoms with Gasteiger partial charge in [-0.1, -0.05) is 0 Å². The van der Waals surface area contributed by atoms with Crippen LogP contribution in [0.1, 0.15) is 28.7 Å². The van der Waals surface area contributed by atoms with Crippen molar-refractivity contribution in [3.63, 3.8) is 0 Å². The summed E-state index contributed by atoms with van der Waals surface area (Å²) in [5, 5.41) is 2.67. The molecule has 0 aliphatic carbocycles. The fourth-order valence-electron chi connectivity index (χ4n) is 2.77. The SMILES string of the molecule is COC[C@@H](C)NC(=O)COC(=O)c1cc(C)n(-c2ccc(F)cc2)c1C. The highest BCUT2D eigenvalue weighted by Gasteiger charge is 2.19. The first-order chi connectivity index (χ1) is 12.3. The molecule has 0 fully saturated rings. The van der Waals surface area contributed by atoms with E-state index in [0.29, 0.717) is 17.9 Å². The molecule has 0 radical (unpaired) electrons. The summed E-state index contributed by atoms with van der Waals surface area (Å²) < 4.78 is 25.0. The van der Waals surface area contributed by atoms with Crippen LogP contribution < -0.4 is 5.32 Å². The van der Waals surface area contributed by atoms with Crippen LogP contribution in [0.3, 0.4) is 0 Å². The molecule has 6 nitrogen and oxygen atoms in total. The van der Waals surface area contributed by atoms with Gasteiger partial charge in [-0.25, -0.2) is 9.18 Å². The molecule has 0 bridgehead atoms. The number of ether oxygens (including phenoxy) is 2. The van der Waals surface area contributed by atoms with Crippen molar-refractivity contribution >= 4 is 11.9 Å². The second-order valence-corrected chi connectivity index (χ2v) is 6.10. The van der Waals surface area contributed by atoms with E-state index in [0.717, 1.165) is 11.4 Å². The number of halogens is 1. The van der Waals surface area contributed by atoms with Gasteiger partial charge in [0.15, 0.2) is 6.61 Å². The summed E-state index contributed by atoms with van der Waals surface area (Å²) in [6.07, 6.45) is 0. The fraction of sp³-hybridized carbons (Fsp3) is 0.368. The summed E-state index contributed by atoms with van der Waals surface area (Å²) in [6.45, 7) is 5.41. The van der Waals surface area contributed by atoms with Crippen LogP contribution in [0, 0.1) is 19.7 Å². The van der Waals surface area contributed by atoms with Crippen LogP contribution in [0.4, 0.5) is 4.39 Å². The van der Waals surface area contributed by atoms with Gasteiger partial charge in [0.2, 0.25) is 0 Å².